The molecule has 0 aliphatic carbocycles. The van der Waals surface area contributed by atoms with Gasteiger partial charge in [0.05, 0.1) is 0 Å². The average Bonchev–Trinajstić information content (AvgIpc) is 2.41. The predicted octanol–water partition coefficient (Wildman–Crippen LogP) is 2.54. The van der Waals surface area contributed by atoms with Crippen LogP contribution in [0, 0.1) is 0 Å². The molecule has 0 aromatic heterocycles. The van der Waals surface area contributed by atoms with Crippen molar-refractivity contribution in [2.24, 2.45) is 0 Å². The van der Waals surface area contributed by atoms with Crippen molar-refractivity contribution in [1.29, 1.82) is 0 Å². The van der Waals surface area contributed by atoms with Crippen molar-refractivity contribution in [3.63, 3.8) is 0 Å². The molecule has 21 heavy (non-hydrogen) atoms. The molecular formula is C13H10ClNO5S. The van der Waals surface area contributed by atoms with E-state index in [4.69, 9.17) is 16.7 Å². The van der Waals surface area contributed by atoms with Gasteiger partial charge in [-0.15, -0.1) is 0 Å². The lowest BCUT2D eigenvalue weighted by atomic mass is 10.2. The normalized spacial score (nSPS) is 11.1. The van der Waals surface area contributed by atoms with E-state index in [0.29, 0.717) is 0 Å². The van der Waals surface area contributed by atoms with Gasteiger partial charge in [0.15, 0.2) is 5.75 Å². The number of carboxylic acid groups (broad SMARTS) is 1. The first-order valence-electron chi connectivity index (χ1n) is 5.65. The molecule has 2 aromatic carbocycles. The largest absolute Gasteiger partial charge is 0.506 e. The van der Waals surface area contributed by atoms with E-state index < -0.39 is 32.2 Å². The second kappa shape index (κ2) is 5.63. The van der Waals surface area contributed by atoms with Crippen molar-refractivity contribution >= 4 is 33.3 Å². The Morgan fingerprint density at radius 2 is 1.76 bits per heavy atom. The summed E-state index contributed by atoms with van der Waals surface area (Å²) < 4.78 is 26.7. The van der Waals surface area contributed by atoms with Gasteiger partial charge >= 0.3 is 5.97 Å². The van der Waals surface area contributed by atoms with Crippen molar-refractivity contribution in [3.05, 3.63) is 53.1 Å². The molecule has 8 heteroatoms. The quantitative estimate of drug-likeness (QED) is 0.800. The van der Waals surface area contributed by atoms with Crippen LogP contribution in [0.4, 0.5) is 5.69 Å². The zero-order valence-corrected chi connectivity index (χ0v) is 12.0. The molecule has 0 fully saturated rings. The first-order valence-corrected chi connectivity index (χ1v) is 7.51. The molecule has 0 aliphatic heterocycles. The molecule has 0 atom stereocenters. The lowest BCUT2D eigenvalue weighted by molar-refractivity contribution is 0.0693. The molecule has 6 nitrogen and oxygen atoms in total. The van der Waals surface area contributed by atoms with Crippen LogP contribution in [-0.2, 0) is 10.0 Å². The van der Waals surface area contributed by atoms with Crippen LogP contribution < -0.4 is 4.72 Å². The molecule has 2 aromatic rings. The standard InChI is InChI=1S/C13H10ClNO5S/c14-8-6-10(13(17)18)12(16)11(7-8)21(19,20)15-9-4-2-1-3-5-9/h1-7,15-16H,(H,17,18). The lowest BCUT2D eigenvalue weighted by Crippen LogP contribution is -2.14. The van der Waals surface area contributed by atoms with E-state index in [1.54, 1.807) is 18.2 Å². The summed E-state index contributed by atoms with van der Waals surface area (Å²) >= 11 is 5.71. The van der Waals surface area contributed by atoms with Gasteiger partial charge in [0.25, 0.3) is 10.0 Å². The minimum Gasteiger partial charge on any atom is -0.506 e. The summed E-state index contributed by atoms with van der Waals surface area (Å²) in [6.45, 7) is 0. The number of anilines is 1. The van der Waals surface area contributed by atoms with Gasteiger partial charge in [-0.3, -0.25) is 4.72 Å². The van der Waals surface area contributed by atoms with Crippen LogP contribution in [0.1, 0.15) is 10.4 Å². The molecule has 0 unspecified atom stereocenters. The predicted molar refractivity (Wildman–Crippen MR) is 77.3 cm³/mol. The first-order chi connectivity index (χ1) is 9.81. The number of aromatic carboxylic acids is 1. The maximum absolute atomic E-state index is 12.2. The highest BCUT2D eigenvalue weighted by Crippen LogP contribution is 2.32. The minimum atomic E-state index is -4.17. The summed E-state index contributed by atoms with van der Waals surface area (Å²) in [5.41, 5.74) is -0.315. The molecule has 0 saturated carbocycles. The van der Waals surface area contributed by atoms with Gasteiger partial charge in [0.1, 0.15) is 10.5 Å². The summed E-state index contributed by atoms with van der Waals surface area (Å²) in [5.74, 6) is -2.35. The van der Waals surface area contributed by atoms with E-state index in [-0.39, 0.29) is 10.7 Å². The Bertz CT molecular complexity index is 790. The maximum atomic E-state index is 12.2. The SMILES string of the molecule is O=C(O)c1cc(Cl)cc(S(=O)(=O)Nc2ccccc2)c1O. The van der Waals surface area contributed by atoms with Crippen molar-refractivity contribution in [1.82, 2.24) is 0 Å². The first kappa shape index (κ1) is 15.1. The smallest absolute Gasteiger partial charge is 0.339 e. The van der Waals surface area contributed by atoms with E-state index in [9.17, 15) is 18.3 Å². The van der Waals surface area contributed by atoms with Crippen LogP contribution in [0.5, 0.6) is 5.75 Å². The van der Waals surface area contributed by atoms with Crippen molar-refractivity contribution in [2.75, 3.05) is 4.72 Å². The number of halogens is 1. The second-order valence-electron chi connectivity index (χ2n) is 4.08. The van der Waals surface area contributed by atoms with E-state index in [1.807, 2.05) is 0 Å². The molecule has 0 saturated heterocycles. The third-order valence-electron chi connectivity index (χ3n) is 2.59. The fourth-order valence-corrected chi connectivity index (χ4v) is 3.14. The minimum absolute atomic E-state index is 0.112. The molecule has 0 amide bonds. The molecule has 2 rings (SSSR count). The number of para-hydroxylation sites is 1. The molecule has 0 radical (unpaired) electrons. The molecule has 0 spiro atoms. The van der Waals surface area contributed by atoms with Gasteiger partial charge in [0.2, 0.25) is 0 Å². The number of hydrogen-bond acceptors (Lipinski definition) is 4. The monoisotopic (exact) mass is 327 g/mol. The Hall–Kier alpha value is -2.25. The Morgan fingerprint density at radius 3 is 2.33 bits per heavy atom. The number of carboxylic acids is 1. The van der Waals surface area contributed by atoms with E-state index in [2.05, 4.69) is 4.72 Å². The van der Waals surface area contributed by atoms with E-state index >= 15 is 0 Å². The van der Waals surface area contributed by atoms with Gasteiger partial charge in [-0.1, -0.05) is 29.8 Å². The van der Waals surface area contributed by atoms with Crippen LogP contribution in [0.2, 0.25) is 5.02 Å². The Labute approximate surface area is 125 Å². The number of sulfonamides is 1. The van der Waals surface area contributed by atoms with Crippen molar-refractivity contribution < 1.29 is 23.4 Å². The molecule has 110 valence electrons. The number of rotatable bonds is 4. The zero-order valence-electron chi connectivity index (χ0n) is 10.4. The molecule has 3 N–H and O–H groups in total. The average molecular weight is 328 g/mol. The number of aromatic hydroxyl groups is 1. The van der Waals surface area contributed by atoms with Crippen LogP contribution in [0.15, 0.2) is 47.4 Å². The number of nitrogens with one attached hydrogen (secondary N) is 1. The maximum Gasteiger partial charge on any atom is 0.339 e. The number of benzene rings is 2. The highest BCUT2D eigenvalue weighted by atomic mass is 35.5. The van der Waals surface area contributed by atoms with Crippen LogP contribution in [0.25, 0.3) is 0 Å². The highest BCUT2D eigenvalue weighted by molar-refractivity contribution is 7.92. The third kappa shape index (κ3) is 3.26. The molecule has 0 heterocycles. The zero-order chi connectivity index (χ0) is 15.6. The summed E-state index contributed by atoms with van der Waals surface area (Å²) in [7, 11) is -4.17. The summed E-state index contributed by atoms with van der Waals surface area (Å²) in [5, 5.41) is 18.7. The Kier molecular flexibility index (Phi) is 4.06. The number of phenols is 1. The Morgan fingerprint density at radius 1 is 1.14 bits per heavy atom. The van der Waals surface area contributed by atoms with E-state index in [0.717, 1.165) is 12.1 Å². The van der Waals surface area contributed by atoms with Crippen LogP contribution in [0.3, 0.4) is 0 Å². The topological polar surface area (TPSA) is 104 Å². The van der Waals surface area contributed by atoms with Gasteiger partial charge in [-0.05, 0) is 24.3 Å². The molecule has 0 aliphatic rings. The summed E-state index contributed by atoms with van der Waals surface area (Å²) in [6.07, 6.45) is 0. The number of hydrogen-bond donors (Lipinski definition) is 3. The van der Waals surface area contributed by atoms with Crippen molar-refractivity contribution in [3.8, 4) is 5.75 Å². The fourth-order valence-electron chi connectivity index (χ4n) is 1.66. The van der Waals surface area contributed by atoms with Crippen LogP contribution >= 0.6 is 11.6 Å². The third-order valence-corrected chi connectivity index (χ3v) is 4.20. The van der Waals surface area contributed by atoms with E-state index in [1.165, 1.54) is 12.1 Å². The van der Waals surface area contributed by atoms with Gasteiger partial charge < -0.3 is 10.2 Å². The van der Waals surface area contributed by atoms with Gasteiger partial charge in [-0.2, -0.15) is 0 Å². The fraction of sp³-hybridized carbons (Fsp3) is 0. The number of carbonyl (C=O) groups is 1. The summed E-state index contributed by atoms with van der Waals surface area (Å²) in [6, 6.07) is 9.93. The van der Waals surface area contributed by atoms with Crippen molar-refractivity contribution in [2.45, 2.75) is 4.90 Å². The Balaban J connectivity index is 2.53. The lowest BCUT2D eigenvalue weighted by Gasteiger charge is -2.11. The highest BCUT2D eigenvalue weighted by Gasteiger charge is 2.24. The van der Waals surface area contributed by atoms with Gasteiger partial charge in [0, 0.05) is 10.7 Å². The van der Waals surface area contributed by atoms with Crippen LogP contribution in [-0.4, -0.2) is 24.6 Å². The molecule has 0 bridgehead atoms. The summed E-state index contributed by atoms with van der Waals surface area (Å²) in [4.78, 5) is 10.4. The second-order valence-corrected chi connectivity index (χ2v) is 6.16. The van der Waals surface area contributed by atoms with Gasteiger partial charge in [-0.25, -0.2) is 13.2 Å². The molecular weight excluding hydrogens is 318 g/mol.